The minimum absolute atomic E-state index is 0.197. The topological polar surface area (TPSA) is 119 Å². The van der Waals surface area contributed by atoms with E-state index in [1.54, 1.807) is 23.1 Å². The van der Waals surface area contributed by atoms with Crippen molar-refractivity contribution >= 4 is 34.2 Å². The highest BCUT2D eigenvalue weighted by atomic mass is 16.5. The fraction of sp³-hybridized carbons (Fsp3) is 0.321. The van der Waals surface area contributed by atoms with Crippen LogP contribution in [0.15, 0.2) is 54.6 Å². The van der Waals surface area contributed by atoms with E-state index in [0.717, 1.165) is 21.9 Å². The average molecular weight is 502 g/mol. The Hall–Kier alpha value is -3.63. The first kappa shape index (κ1) is 23.7. The molecule has 3 N–H and O–H groups in total. The lowest BCUT2D eigenvalue weighted by molar-refractivity contribution is -0.286. The molecule has 0 bridgehead atoms. The summed E-state index contributed by atoms with van der Waals surface area (Å²) < 4.78 is 5.31. The Kier molecular flexibility index (Phi) is 5.80. The number of hydrogen-bond acceptors (Lipinski definition) is 7. The summed E-state index contributed by atoms with van der Waals surface area (Å²) in [7, 11) is 0. The third-order valence-corrected chi connectivity index (χ3v) is 7.53. The molecule has 3 amide bonds. The van der Waals surface area contributed by atoms with E-state index in [1.165, 1.54) is 4.90 Å². The summed E-state index contributed by atoms with van der Waals surface area (Å²) >= 11 is 0. The van der Waals surface area contributed by atoms with Gasteiger partial charge in [0.2, 0.25) is 11.8 Å². The van der Waals surface area contributed by atoms with Crippen LogP contribution in [0.1, 0.15) is 39.9 Å². The highest BCUT2D eigenvalue weighted by molar-refractivity contribution is 6.27. The molecule has 37 heavy (non-hydrogen) atoms. The normalized spacial score (nSPS) is 20.5. The third-order valence-electron chi connectivity index (χ3n) is 7.53. The lowest BCUT2D eigenvalue weighted by Gasteiger charge is -2.37. The molecule has 6 rings (SSSR count). The molecule has 1 atom stereocenters. The first-order valence-electron chi connectivity index (χ1n) is 12.4. The molecule has 9 nitrogen and oxygen atoms in total. The number of hydrogen-bond donors (Lipinski definition) is 3. The molecule has 2 fully saturated rings. The lowest BCUT2D eigenvalue weighted by Crippen LogP contribution is -2.53. The molecule has 0 aromatic heterocycles. The first-order chi connectivity index (χ1) is 17.8. The molecule has 3 aromatic carbocycles. The van der Waals surface area contributed by atoms with Gasteiger partial charge in [0, 0.05) is 36.0 Å². The third kappa shape index (κ3) is 4.00. The summed E-state index contributed by atoms with van der Waals surface area (Å²) in [6.45, 7) is 1.78. The Morgan fingerprint density at radius 2 is 1.73 bits per heavy atom. The van der Waals surface area contributed by atoms with Crippen LogP contribution in [0.3, 0.4) is 0 Å². The van der Waals surface area contributed by atoms with Gasteiger partial charge in [-0.3, -0.25) is 24.6 Å². The maximum Gasteiger partial charge on any atom is 0.259 e. The van der Waals surface area contributed by atoms with Gasteiger partial charge in [-0.05, 0) is 41.5 Å². The zero-order chi connectivity index (χ0) is 25.7. The van der Waals surface area contributed by atoms with E-state index in [9.17, 15) is 24.6 Å². The predicted octanol–water partition coefficient (Wildman–Crippen LogP) is 1.62. The van der Waals surface area contributed by atoms with Gasteiger partial charge in [-0.2, -0.15) is 0 Å². The highest BCUT2D eigenvalue weighted by Gasteiger charge is 2.41. The molecule has 0 radical (unpaired) electrons. The van der Waals surface area contributed by atoms with Gasteiger partial charge in [0.15, 0.2) is 0 Å². The Morgan fingerprint density at radius 1 is 0.973 bits per heavy atom. The van der Waals surface area contributed by atoms with Gasteiger partial charge in [0.05, 0.1) is 18.9 Å². The predicted molar refractivity (Wildman–Crippen MR) is 135 cm³/mol. The van der Waals surface area contributed by atoms with E-state index in [1.807, 2.05) is 36.4 Å². The molecule has 2 saturated heterocycles. The number of ether oxygens (including phenoxy) is 1. The standard InChI is InChI=1S/C28H27N3O6/c32-24-11-10-23(26(33)29-24)31-22-9-6-18(20-2-1-3-21(25(20)22)27(31)34)16-17-4-7-19(8-5-17)28(35,36)30-12-14-37-15-13-30/h1-9,23,35-36H,10-16H2,(H,29,32,33). The highest BCUT2D eigenvalue weighted by Crippen LogP contribution is 2.41. The molecule has 3 aromatic rings. The molecule has 0 aliphatic carbocycles. The summed E-state index contributed by atoms with van der Waals surface area (Å²) in [6.07, 6.45) is 1.07. The maximum atomic E-state index is 13.3. The van der Waals surface area contributed by atoms with Gasteiger partial charge < -0.3 is 14.9 Å². The molecular formula is C28H27N3O6. The van der Waals surface area contributed by atoms with Crippen molar-refractivity contribution in [2.45, 2.75) is 31.2 Å². The lowest BCUT2D eigenvalue weighted by atomic mass is 9.95. The van der Waals surface area contributed by atoms with Crippen LogP contribution in [-0.2, 0) is 26.7 Å². The van der Waals surface area contributed by atoms with Crippen molar-refractivity contribution < 1.29 is 29.3 Å². The number of rotatable bonds is 5. The van der Waals surface area contributed by atoms with Crippen molar-refractivity contribution in [3.8, 4) is 0 Å². The van der Waals surface area contributed by atoms with Crippen LogP contribution in [0.25, 0.3) is 10.8 Å². The van der Waals surface area contributed by atoms with Crippen LogP contribution in [0.5, 0.6) is 0 Å². The van der Waals surface area contributed by atoms with E-state index < -0.39 is 17.9 Å². The second-order valence-corrected chi connectivity index (χ2v) is 9.72. The number of nitrogens with zero attached hydrogens (tertiary/aromatic N) is 2. The van der Waals surface area contributed by atoms with Crippen molar-refractivity contribution in [1.29, 1.82) is 0 Å². The number of benzene rings is 3. The van der Waals surface area contributed by atoms with Gasteiger partial charge in [0.25, 0.3) is 11.8 Å². The number of carbonyl (C=O) groups is 3. The van der Waals surface area contributed by atoms with Gasteiger partial charge in [-0.25, -0.2) is 4.90 Å². The Bertz CT molecular complexity index is 1410. The minimum Gasteiger partial charge on any atom is -0.379 e. The molecular weight excluding hydrogens is 474 g/mol. The van der Waals surface area contributed by atoms with Crippen LogP contribution in [0.4, 0.5) is 5.69 Å². The molecule has 3 aliphatic heterocycles. The Morgan fingerprint density at radius 3 is 2.46 bits per heavy atom. The zero-order valence-electron chi connectivity index (χ0n) is 20.1. The largest absolute Gasteiger partial charge is 0.379 e. The second kappa shape index (κ2) is 9.04. The van der Waals surface area contributed by atoms with E-state index in [-0.39, 0.29) is 18.2 Å². The summed E-state index contributed by atoms with van der Waals surface area (Å²) in [4.78, 5) is 40.6. The second-order valence-electron chi connectivity index (χ2n) is 9.72. The van der Waals surface area contributed by atoms with Crippen molar-refractivity contribution in [2.24, 2.45) is 0 Å². The van der Waals surface area contributed by atoms with Crippen LogP contribution in [0, 0.1) is 0 Å². The van der Waals surface area contributed by atoms with E-state index in [2.05, 4.69) is 5.32 Å². The maximum absolute atomic E-state index is 13.3. The quantitative estimate of drug-likeness (QED) is 0.359. The van der Waals surface area contributed by atoms with E-state index in [4.69, 9.17) is 4.74 Å². The number of amides is 3. The monoisotopic (exact) mass is 501 g/mol. The number of carbonyl (C=O) groups excluding carboxylic acids is 3. The van der Waals surface area contributed by atoms with Crippen molar-refractivity contribution in [2.75, 3.05) is 31.2 Å². The summed E-state index contributed by atoms with van der Waals surface area (Å²) in [6, 6.07) is 15.9. The van der Waals surface area contributed by atoms with Crippen molar-refractivity contribution in [3.63, 3.8) is 0 Å². The molecule has 0 spiro atoms. The summed E-state index contributed by atoms with van der Waals surface area (Å²) in [5.41, 5.74) is 3.61. The smallest absolute Gasteiger partial charge is 0.259 e. The molecule has 190 valence electrons. The summed E-state index contributed by atoms with van der Waals surface area (Å²) in [5.74, 6) is -3.07. The molecule has 3 heterocycles. The summed E-state index contributed by atoms with van der Waals surface area (Å²) in [5, 5.41) is 25.5. The Labute approximate surface area is 213 Å². The molecule has 9 heteroatoms. The number of morpholine rings is 1. The van der Waals surface area contributed by atoms with Gasteiger partial charge >= 0.3 is 0 Å². The van der Waals surface area contributed by atoms with Crippen LogP contribution < -0.4 is 10.2 Å². The first-order valence-corrected chi connectivity index (χ1v) is 12.4. The SMILES string of the molecule is O=C1CCC(N2C(=O)c3cccc4c(Cc5ccc(C(O)(O)N6CCOCC6)cc5)ccc2c34)C(=O)N1. The van der Waals surface area contributed by atoms with E-state index >= 15 is 0 Å². The van der Waals surface area contributed by atoms with E-state index in [0.29, 0.717) is 56.0 Å². The molecule has 3 aliphatic rings. The molecule has 0 saturated carbocycles. The fourth-order valence-electron chi connectivity index (χ4n) is 5.58. The Balaban J connectivity index is 1.29. The van der Waals surface area contributed by atoms with Crippen molar-refractivity contribution in [1.82, 2.24) is 10.2 Å². The van der Waals surface area contributed by atoms with Crippen LogP contribution in [-0.4, -0.2) is 65.2 Å². The fourth-order valence-corrected chi connectivity index (χ4v) is 5.58. The number of piperidine rings is 1. The van der Waals surface area contributed by atoms with Crippen LogP contribution >= 0.6 is 0 Å². The van der Waals surface area contributed by atoms with Gasteiger partial charge in [-0.1, -0.05) is 42.5 Å². The number of nitrogens with one attached hydrogen (secondary N) is 1. The van der Waals surface area contributed by atoms with Gasteiger partial charge in [0.1, 0.15) is 6.04 Å². The number of anilines is 1. The molecule has 1 unspecified atom stereocenters. The number of aliphatic hydroxyl groups is 2. The van der Waals surface area contributed by atoms with Crippen LogP contribution in [0.2, 0.25) is 0 Å². The average Bonchev–Trinajstić information content (AvgIpc) is 3.19. The minimum atomic E-state index is -2.07. The zero-order valence-corrected chi connectivity index (χ0v) is 20.1. The van der Waals surface area contributed by atoms with Crippen molar-refractivity contribution in [3.05, 3.63) is 76.9 Å². The number of imide groups is 1. The van der Waals surface area contributed by atoms with Gasteiger partial charge in [-0.15, -0.1) is 0 Å².